The molecule has 0 saturated heterocycles. The number of rotatable bonds is 3. The maximum atomic E-state index is 11.4. The quantitative estimate of drug-likeness (QED) is 0.896. The van der Waals surface area contributed by atoms with E-state index in [4.69, 9.17) is 4.78 Å². The predicted molar refractivity (Wildman–Crippen MR) is 65.8 cm³/mol. The highest BCUT2D eigenvalue weighted by Gasteiger charge is 2.04. The molecule has 1 N–H and O–H groups in total. The largest absolute Gasteiger partial charge is 0.253 e. The van der Waals surface area contributed by atoms with Gasteiger partial charge < -0.3 is 0 Å². The molecule has 17 heavy (non-hydrogen) atoms. The van der Waals surface area contributed by atoms with Gasteiger partial charge >= 0.3 is 0 Å². The summed E-state index contributed by atoms with van der Waals surface area (Å²) in [5.41, 5.74) is 1.69. The van der Waals surface area contributed by atoms with Crippen molar-refractivity contribution in [2.75, 3.05) is 6.26 Å². The van der Waals surface area contributed by atoms with Crippen molar-refractivity contribution in [1.82, 2.24) is 15.0 Å². The normalized spacial score (nSPS) is 14.2. The molecule has 0 fully saturated rings. The van der Waals surface area contributed by atoms with Gasteiger partial charge in [-0.05, 0) is 11.6 Å². The minimum Gasteiger partial charge on any atom is -0.253 e. The van der Waals surface area contributed by atoms with Crippen molar-refractivity contribution in [2.45, 2.75) is 5.75 Å². The smallest absolute Gasteiger partial charge is 0.162 e. The van der Waals surface area contributed by atoms with Crippen molar-refractivity contribution in [3.63, 3.8) is 0 Å². The van der Waals surface area contributed by atoms with Crippen LogP contribution < -0.4 is 0 Å². The number of nitrogens with one attached hydrogen (secondary N) is 1. The van der Waals surface area contributed by atoms with Crippen LogP contribution in [0, 0.1) is 4.78 Å². The van der Waals surface area contributed by atoms with Crippen molar-refractivity contribution in [3.05, 3.63) is 42.5 Å². The summed E-state index contributed by atoms with van der Waals surface area (Å²) in [6.45, 7) is 0. The molecule has 5 nitrogen and oxygen atoms in total. The van der Waals surface area contributed by atoms with Crippen LogP contribution in [0.1, 0.15) is 5.56 Å². The van der Waals surface area contributed by atoms with Crippen LogP contribution in [0.25, 0.3) is 11.4 Å². The van der Waals surface area contributed by atoms with Crippen molar-refractivity contribution in [2.24, 2.45) is 0 Å². The third-order valence-electron chi connectivity index (χ3n) is 2.12. The third kappa shape index (κ3) is 3.32. The van der Waals surface area contributed by atoms with E-state index in [9.17, 15) is 4.21 Å². The third-order valence-corrected chi connectivity index (χ3v) is 3.00. The molecule has 0 aliphatic rings. The second-order valence-electron chi connectivity index (χ2n) is 3.81. The van der Waals surface area contributed by atoms with Crippen molar-refractivity contribution < 1.29 is 4.21 Å². The molecule has 88 valence electrons. The standard InChI is InChI=1S/C11H12N4OS/c1-17(12,16)6-9-3-2-4-10(5-9)11-14-7-13-8-15-11/h2-5,7-8,12H,6H2,1H3. The SMILES string of the molecule is CS(=N)(=O)Cc1cccc(-c2ncncn2)c1. The van der Waals surface area contributed by atoms with Crippen LogP contribution in [-0.2, 0) is 15.5 Å². The lowest BCUT2D eigenvalue weighted by atomic mass is 10.1. The average molecular weight is 248 g/mol. The molecule has 6 heteroatoms. The Bertz CT molecular complexity index is 610. The molecule has 0 amide bonds. The Morgan fingerprint density at radius 1 is 1.29 bits per heavy atom. The highest BCUT2D eigenvalue weighted by atomic mass is 32.2. The zero-order valence-electron chi connectivity index (χ0n) is 9.33. The van der Waals surface area contributed by atoms with E-state index in [0.29, 0.717) is 5.82 Å². The zero-order valence-corrected chi connectivity index (χ0v) is 10.1. The molecule has 1 aromatic carbocycles. The second-order valence-corrected chi connectivity index (χ2v) is 6.11. The molecule has 0 saturated carbocycles. The van der Waals surface area contributed by atoms with Gasteiger partial charge in [0.05, 0.1) is 5.75 Å². The highest BCUT2D eigenvalue weighted by molar-refractivity contribution is 7.90. The first-order chi connectivity index (χ1) is 8.04. The van der Waals surface area contributed by atoms with Crippen LogP contribution in [0.4, 0.5) is 0 Å². The van der Waals surface area contributed by atoms with Crippen molar-refractivity contribution in [1.29, 1.82) is 4.78 Å². The van der Waals surface area contributed by atoms with Crippen LogP contribution in [-0.4, -0.2) is 25.4 Å². The van der Waals surface area contributed by atoms with E-state index < -0.39 is 9.73 Å². The lowest BCUT2D eigenvalue weighted by molar-refractivity contribution is 0.678. The number of aromatic nitrogens is 3. The molecule has 0 radical (unpaired) electrons. The van der Waals surface area contributed by atoms with E-state index >= 15 is 0 Å². The summed E-state index contributed by atoms with van der Waals surface area (Å²) < 4.78 is 18.9. The number of hydrogen-bond donors (Lipinski definition) is 1. The lowest BCUT2D eigenvalue weighted by Gasteiger charge is -2.04. The van der Waals surface area contributed by atoms with Gasteiger partial charge in [0.15, 0.2) is 5.82 Å². The first-order valence-corrected chi connectivity index (χ1v) is 7.11. The molecule has 0 aliphatic heterocycles. The molecule has 2 rings (SSSR count). The average Bonchev–Trinajstić information content (AvgIpc) is 2.28. The summed E-state index contributed by atoms with van der Waals surface area (Å²) >= 11 is 0. The summed E-state index contributed by atoms with van der Waals surface area (Å²) in [5, 5.41) is 0. The van der Waals surface area contributed by atoms with E-state index in [-0.39, 0.29) is 5.75 Å². The fourth-order valence-electron chi connectivity index (χ4n) is 1.51. The van der Waals surface area contributed by atoms with Crippen LogP contribution in [0.5, 0.6) is 0 Å². The van der Waals surface area contributed by atoms with E-state index in [1.54, 1.807) is 0 Å². The minimum atomic E-state index is -2.53. The summed E-state index contributed by atoms with van der Waals surface area (Å²) in [5.74, 6) is 0.820. The summed E-state index contributed by atoms with van der Waals surface area (Å²) in [4.78, 5) is 11.8. The first kappa shape index (κ1) is 11.7. The van der Waals surface area contributed by atoms with E-state index in [0.717, 1.165) is 11.1 Å². The molecule has 2 aromatic rings. The van der Waals surface area contributed by atoms with Gasteiger partial charge in [-0.25, -0.2) is 19.2 Å². The monoisotopic (exact) mass is 248 g/mol. The van der Waals surface area contributed by atoms with E-state index in [2.05, 4.69) is 15.0 Å². The van der Waals surface area contributed by atoms with Gasteiger partial charge in [0.1, 0.15) is 12.7 Å². The maximum Gasteiger partial charge on any atom is 0.162 e. The zero-order chi connectivity index (χ0) is 12.3. The fraction of sp³-hybridized carbons (Fsp3) is 0.182. The summed E-state index contributed by atoms with van der Waals surface area (Å²) in [6, 6.07) is 7.43. The number of hydrogen-bond acceptors (Lipinski definition) is 5. The molecule has 1 heterocycles. The van der Waals surface area contributed by atoms with Gasteiger partial charge in [-0.1, -0.05) is 18.2 Å². The Morgan fingerprint density at radius 3 is 2.65 bits per heavy atom. The topological polar surface area (TPSA) is 79.6 Å². The Labute approximate surface area is 99.9 Å². The van der Waals surface area contributed by atoms with Gasteiger partial charge in [-0.3, -0.25) is 4.78 Å². The number of nitrogens with zero attached hydrogens (tertiary/aromatic N) is 3. The highest BCUT2D eigenvalue weighted by Crippen LogP contribution is 2.16. The van der Waals surface area contributed by atoms with Crippen molar-refractivity contribution in [3.8, 4) is 11.4 Å². The molecule has 0 bridgehead atoms. The van der Waals surface area contributed by atoms with Gasteiger partial charge in [-0.2, -0.15) is 0 Å². The van der Waals surface area contributed by atoms with Crippen LogP contribution >= 0.6 is 0 Å². The minimum absolute atomic E-state index is 0.242. The molecule has 0 aliphatic carbocycles. The molecule has 1 aromatic heterocycles. The Balaban J connectivity index is 2.36. The summed E-state index contributed by atoms with van der Waals surface area (Å²) in [6.07, 6.45) is 4.30. The van der Waals surface area contributed by atoms with Gasteiger partial charge in [0.25, 0.3) is 0 Å². The first-order valence-electron chi connectivity index (χ1n) is 4.97. The molecule has 1 unspecified atom stereocenters. The Hall–Kier alpha value is -1.82. The van der Waals surface area contributed by atoms with Gasteiger partial charge in [-0.15, -0.1) is 0 Å². The van der Waals surface area contributed by atoms with Crippen LogP contribution in [0.15, 0.2) is 36.9 Å². The van der Waals surface area contributed by atoms with Crippen molar-refractivity contribution >= 4 is 9.73 Å². The van der Waals surface area contributed by atoms with E-state index in [1.807, 2.05) is 24.3 Å². The second kappa shape index (κ2) is 4.58. The molecule has 0 spiro atoms. The Morgan fingerprint density at radius 2 is 2.00 bits per heavy atom. The number of benzene rings is 1. The predicted octanol–water partition coefficient (Wildman–Crippen LogP) is 1.72. The molecular weight excluding hydrogens is 236 g/mol. The van der Waals surface area contributed by atoms with Gasteiger partial charge in [0, 0.05) is 21.5 Å². The molecule has 1 atom stereocenters. The summed E-state index contributed by atoms with van der Waals surface area (Å²) in [7, 11) is -2.53. The van der Waals surface area contributed by atoms with Crippen LogP contribution in [0.2, 0.25) is 0 Å². The molecular formula is C11H12N4OS. The van der Waals surface area contributed by atoms with Crippen LogP contribution in [0.3, 0.4) is 0 Å². The van der Waals surface area contributed by atoms with E-state index in [1.165, 1.54) is 18.9 Å². The fourth-order valence-corrected chi connectivity index (χ4v) is 2.32. The Kier molecular flexibility index (Phi) is 3.14. The lowest BCUT2D eigenvalue weighted by Crippen LogP contribution is -1.99. The maximum absolute atomic E-state index is 11.4. The van der Waals surface area contributed by atoms with Gasteiger partial charge in [0.2, 0.25) is 0 Å².